The third-order valence-corrected chi connectivity index (χ3v) is 6.63. The number of azo groups is 1. The molecule has 1 aliphatic carbocycles. The summed E-state index contributed by atoms with van der Waals surface area (Å²) in [6.07, 6.45) is 9.99. The van der Waals surface area contributed by atoms with E-state index in [1.807, 2.05) is 0 Å². The highest BCUT2D eigenvalue weighted by molar-refractivity contribution is 6.07. The van der Waals surface area contributed by atoms with Crippen LogP contribution in [-0.4, -0.2) is 5.71 Å². The first-order valence-corrected chi connectivity index (χ1v) is 11.1. The molecule has 0 radical (unpaired) electrons. The predicted molar refractivity (Wildman–Crippen MR) is 120 cm³/mol. The molecule has 3 heteroatoms. The summed E-state index contributed by atoms with van der Waals surface area (Å²) < 4.78 is 0. The van der Waals surface area contributed by atoms with Gasteiger partial charge in [0.15, 0.2) is 0 Å². The van der Waals surface area contributed by atoms with Crippen LogP contribution in [0.15, 0.2) is 63.8 Å². The normalized spacial score (nSPS) is 21.4. The molecule has 2 aromatic carbocycles. The first-order valence-electron chi connectivity index (χ1n) is 11.1. The van der Waals surface area contributed by atoms with Crippen molar-refractivity contribution in [2.45, 2.75) is 64.3 Å². The van der Waals surface area contributed by atoms with E-state index in [1.165, 1.54) is 48.8 Å². The smallest absolute Gasteiger partial charge is 0.101 e. The van der Waals surface area contributed by atoms with Crippen molar-refractivity contribution in [2.24, 2.45) is 21.1 Å². The van der Waals surface area contributed by atoms with E-state index in [4.69, 9.17) is 4.99 Å². The van der Waals surface area contributed by atoms with Crippen molar-refractivity contribution in [3.05, 3.63) is 70.8 Å². The number of hydrogen-bond donors (Lipinski definition) is 0. The Bertz CT molecular complexity index is 989. The molecule has 1 saturated carbocycles. The molecule has 0 spiro atoms. The van der Waals surface area contributed by atoms with Crippen LogP contribution >= 0.6 is 0 Å². The lowest BCUT2D eigenvalue weighted by molar-refractivity contribution is 0.443. The van der Waals surface area contributed by atoms with Crippen molar-refractivity contribution in [3.8, 4) is 0 Å². The minimum Gasteiger partial charge on any atom is -0.252 e. The van der Waals surface area contributed by atoms with Gasteiger partial charge in [0, 0.05) is 17.5 Å². The van der Waals surface area contributed by atoms with Gasteiger partial charge in [-0.3, -0.25) is 4.99 Å². The van der Waals surface area contributed by atoms with E-state index in [1.54, 1.807) is 0 Å². The number of aliphatic imine (C=N–C) groups is 1. The van der Waals surface area contributed by atoms with Gasteiger partial charge in [-0.1, -0.05) is 75.6 Å². The highest BCUT2D eigenvalue weighted by atomic mass is 15.2. The molecule has 1 unspecified atom stereocenters. The molecule has 29 heavy (non-hydrogen) atoms. The lowest BCUT2D eigenvalue weighted by atomic mass is 9.84. The second-order valence-electron chi connectivity index (χ2n) is 8.99. The number of nitrogens with zero attached hydrogens (tertiary/aromatic N) is 3. The highest BCUT2D eigenvalue weighted by Gasteiger charge is 2.24. The summed E-state index contributed by atoms with van der Waals surface area (Å²) in [5.41, 5.74) is 8.36. The van der Waals surface area contributed by atoms with Crippen molar-refractivity contribution >= 4 is 17.1 Å². The molecule has 0 bridgehead atoms. The molecule has 2 heterocycles. The summed E-state index contributed by atoms with van der Waals surface area (Å²) in [5, 5.41) is 8.86. The van der Waals surface area contributed by atoms with Gasteiger partial charge in [-0.15, -0.1) is 0 Å². The number of benzene rings is 2. The van der Waals surface area contributed by atoms with E-state index in [2.05, 4.69) is 72.6 Å². The fourth-order valence-corrected chi connectivity index (χ4v) is 4.90. The van der Waals surface area contributed by atoms with Crippen LogP contribution in [0.25, 0.3) is 5.70 Å². The van der Waals surface area contributed by atoms with Crippen LogP contribution in [0.4, 0.5) is 5.69 Å². The van der Waals surface area contributed by atoms with Crippen molar-refractivity contribution < 1.29 is 0 Å². The molecule has 3 nitrogen and oxygen atoms in total. The average Bonchev–Trinajstić information content (AvgIpc) is 3.41. The molecule has 0 N–H and O–H groups in total. The second-order valence-corrected chi connectivity index (χ2v) is 8.99. The second kappa shape index (κ2) is 7.70. The fourth-order valence-electron chi connectivity index (χ4n) is 4.90. The average molecular weight is 384 g/mol. The van der Waals surface area contributed by atoms with Gasteiger partial charge in [0.05, 0.1) is 17.1 Å². The van der Waals surface area contributed by atoms with Gasteiger partial charge in [-0.2, -0.15) is 10.2 Å². The standard InChI is InChI=1S/C26H29N3/c1-17(2)26-22-13-12-21(16-25(22)28-29-26)24-15-14-23(27-24)20-10-8-19(9-11-20)18-6-4-3-5-7-18/h8-13,15-18,26H,3-7,14H2,1-2H3. The van der Waals surface area contributed by atoms with Gasteiger partial charge < -0.3 is 0 Å². The predicted octanol–water partition coefficient (Wildman–Crippen LogP) is 7.76. The van der Waals surface area contributed by atoms with Crippen molar-refractivity contribution in [1.82, 2.24) is 0 Å². The summed E-state index contributed by atoms with van der Waals surface area (Å²) in [4.78, 5) is 4.96. The third kappa shape index (κ3) is 3.59. The number of fused-ring (bicyclic) bond motifs is 1. The van der Waals surface area contributed by atoms with Crippen molar-refractivity contribution in [1.29, 1.82) is 0 Å². The highest BCUT2D eigenvalue weighted by Crippen LogP contribution is 2.41. The minimum absolute atomic E-state index is 0.193. The SMILES string of the molecule is CC(C)C1N=Nc2cc(C3=CCC(c4ccc(C5CCCCC5)cc4)=N3)ccc21. The molecule has 0 aromatic heterocycles. The van der Waals surface area contributed by atoms with Gasteiger partial charge in [-0.25, -0.2) is 0 Å². The number of allylic oxidation sites excluding steroid dienone is 1. The monoisotopic (exact) mass is 383 g/mol. The Morgan fingerprint density at radius 1 is 0.897 bits per heavy atom. The van der Waals surface area contributed by atoms with Crippen LogP contribution in [0.3, 0.4) is 0 Å². The third-order valence-electron chi connectivity index (χ3n) is 6.63. The lowest BCUT2D eigenvalue weighted by Crippen LogP contribution is -2.05. The van der Waals surface area contributed by atoms with Crippen LogP contribution in [0.5, 0.6) is 0 Å². The van der Waals surface area contributed by atoms with Gasteiger partial charge in [0.25, 0.3) is 0 Å². The molecule has 0 amide bonds. The zero-order chi connectivity index (χ0) is 19.8. The van der Waals surface area contributed by atoms with E-state index < -0.39 is 0 Å². The molecular weight excluding hydrogens is 354 g/mol. The molecule has 0 saturated heterocycles. The molecular formula is C26H29N3. The Labute approximate surface area is 173 Å². The zero-order valence-corrected chi connectivity index (χ0v) is 17.4. The summed E-state index contributed by atoms with van der Waals surface area (Å²) >= 11 is 0. The Balaban J connectivity index is 1.33. The maximum absolute atomic E-state index is 4.96. The maximum atomic E-state index is 4.96. The van der Waals surface area contributed by atoms with Crippen LogP contribution in [0.2, 0.25) is 0 Å². The van der Waals surface area contributed by atoms with E-state index in [0.717, 1.165) is 35.0 Å². The quantitative estimate of drug-likeness (QED) is 0.517. The van der Waals surface area contributed by atoms with Crippen LogP contribution in [0, 0.1) is 5.92 Å². The molecule has 5 rings (SSSR count). The summed E-state index contributed by atoms with van der Waals surface area (Å²) in [6.45, 7) is 4.39. The van der Waals surface area contributed by atoms with E-state index in [-0.39, 0.29) is 6.04 Å². The minimum atomic E-state index is 0.193. The summed E-state index contributed by atoms with van der Waals surface area (Å²) in [5.74, 6) is 1.23. The van der Waals surface area contributed by atoms with Gasteiger partial charge >= 0.3 is 0 Å². The van der Waals surface area contributed by atoms with E-state index >= 15 is 0 Å². The Morgan fingerprint density at radius 2 is 1.66 bits per heavy atom. The Hall–Kier alpha value is -2.55. The molecule has 2 aliphatic heterocycles. The van der Waals surface area contributed by atoms with Gasteiger partial charge in [-0.05, 0) is 41.9 Å². The van der Waals surface area contributed by atoms with E-state index in [9.17, 15) is 0 Å². The van der Waals surface area contributed by atoms with Crippen LogP contribution in [-0.2, 0) is 0 Å². The zero-order valence-electron chi connectivity index (χ0n) is 17.4. The molecule has 2 aromatic rings. The maximum Gasteiger partial charge on any atom is 0.101 e. The Morgan fingerprint density at radius 3 is 2.41 bits per heavy atom. The van der Waals surface area contributed by atoms with Crippen LogP contribution < -0.4 is 0 Å². The summed E-state index contributed by atoms with van der Waals surface area (Å²) in [7, 11) is 0. The van der Waals surface area contributed by atoms with E-state index in [0.29, 0.717) is 5.92 Å². The molecule has 148 valence electrons. The molecule has 3 aliphatic rings. The van der Waals surface area contributed by atoms with Gasteiger partial charge in [0.1, 0.15) is 6.04 Å². The number of hydrogen-bond acceptors (Lipinski definition) is 3. The first-order chi connectivity index (χ1) is 14.2. The first kappa shape index (κ1) is 18.5. The van der Waals surface area contributed by atoms with Gasteiger partial charge in [0.2, 0.25) is 0 Å². The summed E-state index contributed by atoms with van der Waals surface area (Å²) in [6, 6.07) is 15.9. The topological polar surface area (TPSA) is 37.1 Å². The van der Waals surface area contributed by atoms with Crippen LogP contribution in [0.1, 0.15) is 86.6 Å². The number of rotatable bonds is 4. The largest absolute Gasteiger partial charge is 0.252 e. The van der Waals surface area contributed by atoms with Crippen molar-refractivity contribution in [2.75, 3.05) is 0 Å². The lowest BCUT2D eigenvalue weighted by Gasteiger charge is -2.22. The Kier molecular flexibility index (Phi) is 4.91. The van der Waals surface area contributed by atoms with Crippen molar-refractivity contribution in [3.63, 3.8) is 0 Å². The molecule has 1 fully saturated rings. The molecule has 1 atom stereocenters. The fraction of sp³-hybridized carbons (Fsp3) is 0.423.